The van der Waals surface area contributed by atoms with Gasteiger partial charge in [0.25, 0.3) is 0 Å². The van der Waals surface area contributed by atoms with Gasteiger partial charge in [0.05, 0.1) is 10.7 Å². The van der Waals surface area contributed by atoms with Crippen LogP contribution in [-0.4, -0.2) is 64.6 Å². The second-order valence-corrected chi connectivity index (χ2v) is 14.2. The van der Waals surface area contributed by atoms with Crippen molar-refractivity contribution >= 4 is 17.3 Å². The maximum absolute atomic E-state index is 13.3. The van der Waals surface area contributed by atoms with Crippen LogP contribution in [0.1, 0.15) is 82.6 Å². The van der Waals surface area contributed by atoms with E-state index in [1.807, 2.05) is 23.5 Å². The quantitative estimate of drug-likeness (QED) is 0.275. The molecule has 2 aliphatic heterocycles. The second-order valence-electron chi connectivity index (χ2n) is 13.1. The number of rotatable bonds is 10. The van der Waals surface area contributed by atoms with Gasteiger partial charge in [-0.25, -0.2) is 9.37 Å². The summed E-state index contributed by atoms with van der Waals surface area (Å²) in [5.41, 5.74) is 4.87. The molecule has 1 aliphatic carbocycles. The van der Waals surface area contributed by atoms with Gasteiger partial charge < -0.3 is 10.0 Å². The first-order valence-corrected chi connectivity index (χ1v) is 16.6. The standard InChI is InChI=1S/C35H44FN3O2S/c1-23-5-3-8-28(17-23)31-22-39(32(35(40)41)18-25-6-4-7-25)21-29(31)20-38-15-13-27(14-16-38)34-24(2)37-33(42-34)19-26-9-11-30(36)12-10-26/h3,5,8-12,17,25,27,29,31-32H,4,6-7,13-16,18-22H2,1-2H3,(H,40,41)/t29-,31+,32+/m0/s1. The number of likely N-dealkylation sites (tertiary alicyclic amines) is 2. The summed E-state index contributed by atoms with van der Waals surface area (Å²) in [7, 11) is 0. The summed E-state index contributed by atoms with van der Waals surface area (Å²) in [5, 5.41) is 11.3. The molecule has 7 heteroatoms. The summed E-state index contributed by atoms with van der Waals surface area (Å²) in [5.74, 6) is 1.06. The minimum absolute atomic E-state index is 0.201. The molecule has 3 atom stereocenters. The number of carboxylic acids is 1. The normalized spacial score (nSPS) is 23.2. The van der Waals surface area contributed by atoms with E-state index in [0.717, 1.165) is 74.7 Å². The number of aliphatic carboxylic acids is 1. The van der Waals surface area contributed by atoms with Crippen LogP contribution in [0.5, 0.6) is 0 Å². The zero-order valence-corrected chi connectivity index (χ0v) is 25.8. The molecule has 3 aromatic rings. The highest BCUT2D eigenvalue weighted by atomic mass is 32.1. The zero-order chi connectivity index (χ0) is 29.2. The first-order chi connectivity index (χ1) is 20.3. The van der Waals surface area contributed by atoms with Crippen molar-refractivity contribution in [2.75, 3.05) is 32.7 Å². The van der Waals surface area contributed by atoms with E-state index in [2.05, 4.69) is 47.9 Å². The number of hydrogen-bond donors (Lipinski definition) is 1. The third-order valence-corrected chi connectivity index (χ3v) is 11.4. The molecule has 3 heterocycles. The average molecular weight is 590 g/mol. The van der Waals surface area contributed by atoms with Gasteiger partial charge in [-0.05, 0) is 87.2 Å². The van der Waals surface area contributed by atoms with E-state index in [1.54, 1.807) is 0 Å². The van der Waals surface area contributed by atoms with Gasteiger partial charge in [0, 0.05) is 36.9 Å². The molecule has 2 saturated heterocycles. The van der Waals surface area contributed by atoms with Gasteiger partial charge in [-0.1, -0.05) is 61.2 Å². The minimum Gasteiger partial charge on any atom is -0.480 e. The maximum atomic E-state index is 13.3. The number of aryl methyl sites for hydroxylation is 2. The molecule has 0 radical (unpaired) electrons. The largest absolute Gasteiger partial charge is 0.480 e. The van der Waals surface area contributed by atoms with Crippen LogP contribution in [0.15, 0.2) is 48.5 Å². The number of halogens is 1. The Bertz CT molecular complexity index is 1360. The molecule has 0 spiro atoms. The molecule has 0 bridgehead atoms. The fraction of sp³-hybridized carbons (Fsp3) is 0.543. The lowest BCUT2D eigenvalue weighted by Crippen LogP contribution is -2.43. The molecule has 5 nitrogen and oxygen atoms in total. The highest BCUT2D eigenvalue weighted by Crippen LogP contribution is 2.40. The number of hydrogen-bond acceptors (Lipinski definition) is 5. The number of carbonyl (C=O) groups is 1. The van der Waals surface area contributed by atoms with Crippen molar-refractivity contribution in [2.24, 2.45) is 11.8 Å². The summed E-state index contributed by atoms with van der Waals surface area (Å²) in [6.45, 7) is 9.14. The Balaban J connectivity index is 1.10. The van der Waals surface area contributed by atoms with Crippen LogP contribution in [0, 0.1) is 31.5 Å². The van der Waals surface area contributed by atoms with Gasteiger partial charge >= 0.3 is 5.97 Å². The third kappa shape index (κ3) is 6.79. The van der Waals surface area contributed by atoms with Crippen LogP contribution < -0.4 is 0 Å². The van der Waals surface area contributed by atoms with E-state index in [0.29, 0.717) is 23.7 Å². The van der Waals surface area contributed by atoms with Crippen molar-refractivity contribution in [1.29, 1.82) is 0 Å². The number of carboxylic acid groups (broad SMARTS) is 1. The highest BCUT2D eigenvalue weighted by molar-refractivity contribution is 7.11. The smallest absolute Gasteiger partial charge is 0.320 e. The summed E-state index contributed by atoms with van der Waals surface area (Å²) >= 11 is 1.83. The molecule has 1 N–H and O–H groups in total. The summed E-state index contributed by atoms with van der Waals surface area (Å²) in [6.07, 6.45) is 7.42. The molecule has 6 rings (SSSR count). The number of aromatic nitrogens is 1. The van der Waals surface area contributed by atoms with E-state index in [4.69, 9.17) is 4.98 Å². The van der Waals surface area contributed by atoms with Crippen LogP contribution in [0.3, 0.4) is 0 Å². The van der Waals surface area contributed by atoms with Crippen molar-refractivity contribution in [2.45, 2.75) is 76.7 Å². The highest BCUT2D eigenvalue weighted by Gasteiger charge is 2.41. The number of thiazole rings is 1. The van der Waals surface area contributed by atoms with Crippen molar-refractivity contribution in [3.63, 3.8) is 0 Å². The van der Waals surface area contributed by atoms with E-state index in [1.165, 1.54) is 47.4 Å². The predicted molar refractivity (Wildman–Crippen MR) is 167 cm³/mol. The van der Waals surface area contributed by atoms with Crippen LogP contribution in [0.4, 0.5) is 4.39 Å². The van der Waals surface area contributed by atoms with Gasteiger partial charge in [-0.2, -0.15) is 0 Å². The first kappa shape index (κ1) is 29.5. The maximum Gasteiger partial charge on any atom is 0.320 e. The summed E-state index contributed by atoms with van der Waals surface area (Å²) in [4.78, 5) is 23.6. The molecule has 3 aliphatic rings. The fourth-order valence-electron chi connectivity index (χ4n) is 7.48. The minimum atomic E-state index is -0.648. The Morgan fingerprint density at radius 2 is 1.83 bits per heavy atom. The average Bonchev–Trinajstić information content (AvgIpc) is 3.52. The zero-order valence-electron chi connectivity index (χ0n) is 25.0. The predicted octanol–water partition coefficient (Wildman–Crippen LogP) is 7.03. The Labute approximate surface area is 253 Å². The van der Waals surface area contributed by atoms with Crippen molar-refractivity contribution in [1.82, 2.24) is 14.8 Å². The molecule has 42 heavy (non-hydrogen) atoms. The van der Waals surface area contributed by atoms with Gasteiger partial charge in [0.15, 0.2) is 0 Å². The van der Waals surface area contributed by atoms with Crippen LogP contribution in [-0.2, 0) is 11.2 Å². The van der Waals surface area contributed by atoms with Crippen LogP contribution in [0.25, 0.3) is 0 Å². The molecule has 3 fully saturated rings. The van der Waals surface area contributed by atoms with E-state index < -0.39 is 5.97 Å². The first-order valence-electron chi connectivity index (χ1n) is 15.8. The molecule has 1 saturated carbocycles. The van der Waals surface area contributed by atoms with Gasteiger partial charge in [0.2, 0.25) is 0 Å². The molecule has 1 aromatic heterocycles. The van der Waals surface area contributed by atoms with E-state index >= 15 is 0 Å². The molecular formula is C35H44FN3O2S. The van der Waals surface area contributed by atoms with E-state index in [9.17, 15) is 14.3 Å². The van der Waals surface area contributed by atoms with Crippen molar-refractivity contribution in [3.05, 3.63) is 86.6 Å². The topological polar surface area (TPSA) is 56.7 Å². The molecule has 0 amide bonds. The summed E-state index contributed by atoms with van der Waals surface area (Å²) in [6, 6.07) is 15.3. The second kappa shape index (κ2) is 12.9. The van der Waals surface area contributed by atoms with Crippen molar-refractivity contribution in [3.8, 4) is 0 Å². The Kier molecular flexibility index (Phi) is 9.08. The Morgan fingerprint density at radius 3 is 2.50 bits per heavy atom. The number of piperidine rings is 1. The van der Waals surface area contributed by atoms with Gasteiger partial charge in [0.1, 0.15) is 11.9 Å². The Hall–Kier alpha value is -2.61. The lowest BCUT2D eigenvalue weighted by atomic mass is 9.80. The third-order valence-electron chi connectivity index (χ3n) is 10.0. The van der Waals surface area contributed by atoms with Crippen molar-refractivity contribution < 1.29 is 14.3 Å². The SMILES string of the molecule is Cc1cccc([C@H]2CN([C@H](CC3CCC3)C(=O)O)C[C@@H]2CN2CCC(c3sc(Cc4ccc(F)cc4)nc3C)CC2)c1. The lowest BCUT2D eigenvalue weighted by Gasteiger charge is -2.35. The molecule has 0 unspecified atom stereocenters. The molecule has 2 aromatic carbocycles. The number of nitrogens with zero attached hydrogens (tertiary/aromatic N) is 3. The van der Waals surface area contributed by atoms with Crippen LogP contribution in [0.2, 0.25) is 0 Å². The van der Waals surface area contributed by atoms with E-state index in [-0.39, 0.29) is 11.9 Å². The molecule has 224 valence electrons. The van der Waals surface area contributed by atoms with Gasteiger partial charge in [-0.15, -0.1) is 11.3 Å². The summed E-state index contributed by atoms with van der Waals surface area (Å²) < 4.78 is 13.3. The number of benzene rings is 2. The van der Waals surface area contributed by atoms with Gasteiger partial charge in [-0.3, -0.25) is 9.69 Å². The monoisotopic (exact) mass is 589 g/mol. The Morgan fingerprint density at radius 1 is 1.07 bits per heavy atom. The lowest BCUT2D eigenvalue weighted by molar-refractivity contribution is -0.144. The van der Waals surface area contributed by atoms with Crippen LogP contribution >= 0.6 is 11.3 Å². The fourth-order valence-corrected chi connectivity index (χ4v) is 8.75. The molecular weight excluding hydrogens is 545 g/mol.